The van der Waals surface area contributed by atoms with Crippen LogP contribution in [0.3, 0.4) is 0 Å². The summed E-state index contributed by atoms with van der Waals surface area (Å²) >= 11 is 0. The summed E-state index contributed by atoms with van der Waals surface area (Å²) < 4.78 is 34.2. The second-order valence-corrected chi connectivity index (χ2v) is 6.32. The number of hydrogen-bond acceptors (Lipinski definition) is 6. The Labute approximate surface area is 124 Å². The molecule has 3 N–H and O–H groups in total. The predicted octanol–water partition coefficient (Wildman–Crippen LogP) is 0.204. The normalized spacial score (nSPS) is 11.1. The SMILES string of the molecule is COCCCNC(=O)CS(=O)(=O)c1cc(OC)ccc1N. The lowest BCUT2D eigenvalue weighted by Gasteiger charge is -2.10. The van der Waals surface area contributed by atoms with Crippen molar-refractivity contribution in [3.63, 3.8) is 0 Å². The van der Waals surface area contributed by atoms with E-state index in [0.29, 0.717) is 25.3 Å². The fourth-order valence-electron chi connectivity index (χ4n) is 1.66. The highest BCUT2D eigenvalue weighted by Gasteiger charge is 2.22. The van der Waals surface area contributed by atoms with Crippen LogP contribution in [0.25, 0.3) is 0 Å². The van der Waals surface area contributed by atoms with Gasteiger partial charge in [0.1, 0.15) is 11.5 Å². The number of nitrogen functional groups attached to an aromatic ring is 1. The van der Waals surface area contributed by atoms with Crippen molar-refractivity contribution in [2.45, 2.75) is 11.3 Å². The van der Waals surface area contributed by atoms with E-state index in [1.807, 2.05) is 0 Å². The fraction of sp³-hybridized carbons (Fsp3) is 0.462. The van der Waals surface area contributed by atoms with Crippen LogP contribution in [-0.2, 0) is 19.4 Å². The zero-order valence-corrected chi connectivity index (χ0v) is 12.9. The van der Waals surface area contributed by atoms with Crippen molar-refractivity contribution in [2.24, 2.45) is 0 Å². The van der Waals surface area contributed by atoms with E-state index in [0.717, 1.165) is 0 Å². The lowest BCUT2D eigenvalue weighted by atomic mass is 10.3. The first-order valence-corrected chi connectivity index (χ1v) is 7.98. The third-order valence-electron chi connectivity index (χ3n) is 2.72. The largest absolute Gasteiger partial charge is 0.497 e. The Morgan fingerprint density at radius 3 is 2.67 bits per heavy atom. The van der Waals surface area contributed by atoms with Gasteiger partial charge in [-0.1, -0.05) is 0 Å². The Kier molecular flexibility index (Phi) is 6.44. The van der Waals surface area contributed by atoms with Crippen molar-refractivity contribution < 1.29 is 22.7 Å². The third-order valence-corrected chi connectivity index (χ3v) is 4.39. The molecule has 0 aliphatic carbocycles. The smallest absolute Gasteiger partial charge is 0.235 e. The standard InChI is InChI=1S/C13H20N2O5S/c1-19-7-3-6-15-13(16)9-21(17,18)12-8-10(20-2)4-5-11(12)14/h4-5,8H,3,6-7,9,14H2,1-2H3,(H,15,16). The Hall–Kier alpha value is -1.80. The van der Waals surface area contributed by atoms with Gasteiger partial charge in [-0.25, -0.2) is 8.42 Å². The van der Waals surface area contributed by atoms with Crippen molar-refractivity contribution in [3.8, 4) is 5.75 Å². The lowest BCUT2D eigenvalue weighted by molar-refractivity contribution is -0.118. The number of methoxy groups -OCH3 is 2. The van der Waals surface area contributed by atoms with Gasteiger partial charge in [-0.05, 0) is 18.6 Å². The molecule has 0 bridgehead atoms. The molecule has 118 valence electrons. The molecule has 1 aromatic rings. The minimum absolute atomic E-state index is 0.0861. The van der Waals surface area contributed by atoms with Gasteiger partial charge in [0, 0.05) is 26.3 Å². The number of carbonyl (C=O) groups excluding carboxylic acids is 1. The van der Waals surface area contributed by atoms with Crippen molar-refractivity contribution in [3.05, 3.63) is 18.2 Å². The lowest BCUT2D eigenvalue weighted by Crippen LogP contribution is -2.31. The third kappa shape index (κ3) is 5.24. The minimum atomic E-state index is -3.81. The average Bonchev–Trinajstić information content (AvgIpc) is 2.43. The second-order valence-electron chi connectivity index (χ2n) is 4.36. The summed E-state index contributed by atoms with van der Waals surface area (Å²) in [6.45, 7) is 0.853. The van der Waals surface area contributed by atoms with Crippen molar-refractivity contribution in [2.75, 3.05) is 38.9 Å². The molecule has 0 unspecified atom stereocenters. The Morgan fingerprint density at radius 1 is 1.33 bits per heavy atom. The first kappa shape index (κ1) is 17.3. The van der Waals surface area contributed by atoms with Gasteiger partial charge >= 0.3 is 0 Å². The quantitative estimate of drug-likeness (QED) is 0.524. The van der Waals surface area contributed by atoms with Crippen LogP contribution in [0.1, 0.15) is 6.42 Å². The van der Waals surface area contributed by atoms with Crippen LogP contribution in [0, 0.1) is 0 Å². The predicted molar refractivity (Wildman–Crippen MR) is 79.0 cm³/mol. The van der Waals surface area contributed by atoms with Crippen LogP contribution in [0.15, 0.2) is 23.1 Å². The molecule has 1 aromatic carbocycles. The average molecular weight is 316 g/mol. The molecule has 0 heterocycles. The van der Waals surface area contributed by atoms with E-state index >= 15 is 0 Å². The number of sulfone groups is 1. The summed E-state index contributed by atoms with van der Waals surface area (Å²) in [5, 5.41) is 2.52. The highest BCUT2D eigenvalue weighted by molar-refractivity contribution is 7.92. The zero-order valence-electron chi connectivity index (χ0n) is 12.1. The monoisotopic (exact) mass is 316 g/mol. The van der Waals surface area contributed by atoms with Gasteiger partial charge in [-0.15, -0.1) is 0 Å². The number of carbonyl (C=O) groups is 1. The first-order valence-electron chi connectivity index (χ1n) is 6.32. The molecule has 0 saturated heterocycles. The van der Waals surface area contributed by atoms with E-state index in [2.05, 4.69) is 5.32 Å². The maximum atomic E-state index is 12.2. The number of hydrogen-bond donors (Lipinski definition) is 2. The maximum absolute atomic E-state index is 12.2. The Bertz CT molecular complexity index is 586. The van der Waals surface area contributed by atoms with E-state index in [1.165, 1.54) is 19.2 Å². The molecule has 0 aliphatic rings. The number of nitrogens with one attached hydrogen (secondary N) is 1. The van der Waals surface area contributed by atoms with E-state index in [4.69, 9.17) is 15.2 Å². The molecule has 0 atom stereocenters. The summed E-state index contributed by atoms with van der Waals surface area (Å²) in [6, 6.07) is 4.30. The molecule has 1 rings (SSSR count). The fourth-order valence-corrected chi connectivity index (χ4v) is 2.98. The van der Waals surface area contributed by atoms with Crippen LogP contribution in [0.4, 0.5) is 5.69 Å². The molecule has 0 fully saturated rings. The van der Waals surface area contributed by atoms with Gasteiger partial charge in [0.2, 0.25) is 5.91 Å². The number of rotatable bonds is 8. The van der Waals surface area contributed by atoms with Crippen LogP contribution in [0.2, 0.25) is 0 Å². The Balaban J connectivity index is 2.75. The minimum Gasteiger partial charge on any atom is -0.497 e. The van der Waals surface area contributed by atoms with Gasteiger partial charge in [0.05, 0.1) is 17.7 Å². The maximum Gasteiger partial charge on any atom is 0.235 e. The van der Waals surface area contributed by atoms with Crippen LogP contribution >= 0.6 is 0 Å². The summed E-state index contributed by atoms with van der Waals surface area (Å²) in [6.07, 6.45) is 0.615. The van der Waals surface area contributed by atoms with Crippen LogP contribution in [-0.4, -0.2) is 47.4 Å². The summed E-state index contributed by atoms with van der Waals surface area (Å²) in [7, 11) is -0.839. The van der Waals surface area contributed by atoms with Crippen molar-refractivity contribution in [1.82, 2.24) is 5.32 Å². The molecule has 0 radical (unpaired) electrons. The molecule has 1 amide bonds. The molecule has 8 heteroatoms. The molecular formula is C13H20N2O5S. The summed E-state index contributed by atoms with van der Waals surface area (Å²) in [5.74, 6) is -0.867. The number of anilines is 1. The van der Waals surface area contributed by atoms with E-state index in [-0.39, 0.29) is 10.6 Å². The van der Waals surface area contributed by atoms with Crippen LogP contribution < -0.4 is 15.8 Å². The Morgan fingerprint density at radius 2 is 2.05 bits per heavy atom. The molecule has 0 aliphatic heterocycles. The van der Waals surface area contributed by atoms with Crippen molar-refractivity contribution >= 4 is 21.4 Å². The molecule has 0 saturated carbocycles. The summed E-state index contributed by atoms with van der Waals surface area (Å²) in [5.41, 5.74) is 5.75. The van der Waals surface area contributed by atoms with E-state index in [1.54, 1.807) is 13.2 Å². The number of benzene rings is 1. The highest BCUT2D eigenvalue weighted by atomic mass is 32.2. The van der Waals surface area contributed by atoms with Gasteiger partial charge in [-0.2, -0.15) is 0 Å². The molecule has 7 nitrogen and oxygen atoms in total. The van der Waals surface area contributed by atoms with Gasteiger partial charge in [0.25, 0.3) is 0 Å². The topological polar surface area (TPSA) is 108 Å². The van der Waals surface area contributed by atoms with Crippen molar-refractivity contribution in [1.29, 1.82) is 0 Å². The molecule has 21 heavy (non-hydrogen) atoms. The zero-order chi connectivity index (χ0) is 15.9. The second kappa shape index (κ2) is 7.84. The van der Waals surface area contributed by atoms with E-state index in [9.17, 15) is 13.2 Å². The van der Waals surface area contributed by atoms with Crippen LogP contribution in [0.5, 0.6) is 5.75 Å². The van der Waals surface area contributed by atoms with Gasteiger partial charge in [-0.3, -0.25) is 4.79 Å². The van der Waals surface area contributed by atoms with E-state index < -0.39 is 21.5 Å². The molecule has 0 spiro atoms. The number of ether oxygens (including phenoxy) is 2. The van der Waals surface area contributed by atoms with Gasteiger partial charge in [0.15, 0.2) is 9.84 Å². The summed E-state index contributed by atoms with van der Waals surface area (Å²) in [4.78, 5) is 11.6. The van der Waals surface area contributed by atoms with Gasteiger partial charge < -0.3 is 20.5 Å². The molecular weight excluding hydrogens is 296 g/mol. The number of nitrogens with two attached hydrogens (primary N) is 1. The highest BCUT2D eigenvalue weighted by Crippen LogP contribution is 2.24. The molecule has 0 aromatic heterocycles. The number of amides is 1. The first-order chi connectivity index (χ1) is 9.90.